The lowest BCUT2D eigenvalue weighted by molar-refractivity contribution is -0.386. The van der Waals surface area contributed by atoms with Gasteiger partial charge < -0.3 is 19.5 Å². The van der Waals surface area contributed by atoms with E-state index < -0.39 is 34.6 Å². The number of alkyl carbamates (subject to hydrolysis) is 1. The van der Waals surface area contributed by atoms with Crippen LogP contribution in [0.4, 0.5) is 10.5 Å². The number of nitro benzene ring substituents is 1. The maximum Gasteiger partial charge on any atom is 0.408 e. The smallest absolute Gasteiger partial charge is 0.408 e. The highest BCUT2D eigenvalue weighted by Gasteiger charge is 2.30. The van der Waals surface area contributed by atoms with E-state index in [2.05, 4.69) is 5.32 Å². The second-order valence-corrected chi connectivity index (χ2v) is 5.73. The highest BCUT2D eigenvalue weighted by atomic mass is 16.6. The lowest BCUT2D eigenvalue weighted by Crippen LogP contribution is -2.35. The van der Waals surface area contributed by atoms with E-state index in [9.17, 15) is 19.7 Å². The Morgan fingerprint density at radius 1 is 1.17 bits per heavy atom. The van der Waals surface area contributed by atoms with Crippen LogP contribution in [0.3, 0.4) is 0 Å². The van der Waals surface area contributed by atoms with Crippen molar-refractivity contribution < 1.29 is 28.7 Å². The second-order valence-electron chi connectivity index (χ2n) is 5.73. The van der Waals surface area contributed by atoms with Crippen LogP contribution in [0.15, 0.2) is 12.1 Å². The quantitative estimate of drug-likeness (QED) is 0.479. The third kappa shape index (κ3) is 4.83. The van der Waals surface area contributed by atoms with Gasteiger partial charge in [0.25, 0.3) is 0 Å². The van der Waals surface area contributed by atoms with Crippen molar-refractivity contribution in [1.29, 1.82) is 0 Å². The molecule has 9 heteroatoms. The summed E-state index contributed by atoms with van der Waals surface area (Å²) >= 11 is 0. The van der Waals surface area contributed by atoms with Crippen LogP contribution in [0.25, 0.3) is 0 Å². The number of nitro groups is 1. The summed E-state index contributed by atoms with van der Waals surface area (Å²) in [5.74, 6) is -0.775. The Balaban J connectivity index is 3.09. The van der Waals surface area contributed by atoms with E-state index in [1.165, 1.54) is 26.4 Å². The molecule has 0 heterocycles. The van der Waals surface area contributed by atoms with Crippen LogP contribution in [-0.2, 0) is 4.74 Å². The molecule has 0 aliphatic carbocycles. The number of carbonyl (C=O) groups excluding carboxylic acids is 2. The summed E-state index contributed by atoms with van der Waals surface area (Å²) in [6.45, 7) is 4.53. The molecule has 0 aliphatic heterocycles. The van der Waals surface area contributed by atoms with Gasteiger partial charge in [0.2, 0.25) is 0 Å². The molecule has 1 amide bonds. The molecule has 0 spiro atoms. The summed E-state index contributed by atoms with van der Waals surface area (Å²) in [5.41, 5.74) is -1.53. The predicted molar refractivity (Wildman–Crippen MR) is 84.8 cm³/mol. The first kappa shape index (κ1) is 19.2. The number of amides is 1. The number of hydrogen-bond acceptors (Lipinski definition) is 7. The summed E-state index contributed by atoms with van der Waals surface area (Å²) in [4.78, 5) is 34.6. The van der Waals surface area contributed by atoms with Gasteiger partial charge in [0.15, 0.2) is 11.5 Å². The molecule has 1 N–H and O–H groups in total. The average molecular weight is 340 g/mol. The number of rotatable bonds is 6. The summed E-state index contributed by atoms with van der Waals surface area (Å²) < 4.78 is 15.0. The SMILES string of the molecule is COc1ccc(OC)c([N+](=O)[O-])c1C(=O)CNC(=O)OC(C)(C)C. The highest BCUT2D eigenvalue weighted by Crippen LogP contribution is 2.37. The monoisotopic (exact) mass is 340 g/mol. The van der Waals surface area contributed by atoms with E-state index in [-0.39, 0.29) is 17.1 Å². The summed E-state index contributed by atoms with van der Waals surface area (Å²) in [7, 11) is 2.53. The predicted octanol–water partition coefficient (Wildman–Crippen LogP) is 2.32. The first-order valence-electron chi connectivity index (χ1n) is 7.00. The van der Waals surface area contributed by atoms with Crippen molar-refractivity contribution in [2.75, 3.05) is 20.8 Å². The number of ketones is 1. The van der Waals surface area contributed by atoms with Crippen LogP contribution in [0.1, 0.15) is 31.1 Å². The van der Waals surface area contributed by atoms with Crippen LogP contribution >= 0.6 is 0 Å². The number of nitrogens with zero attached hydrogens (tertiary/aromatic N) is 1. The fraction of sp³-hybridized carbons (Fsp3) is 0.467. The zero-order valence-electron chi connectivity index (χ0n) is 14.2. The van der Waals surface area contributed by atoms with E-state index in [1.54, 1.807) is 20.8 Å². The zero-order valence-corrected chi connectivity index (χ0v) is 14.2. The van der Waals surface area contributed by atoms with E-state index >= 15 is 0 Å². The fourth-order valence-electron chi connectivity index (χ4n) is 1.89. The fourth-order valence-corrected chi connectivity index (χ4v) is 1.89. The summed E-state index contributed by atoms with van der Waals surface area (Å²) in [6, 6.07) is 2.71. The molecule has 1 aromatic carbocycles. The van der Waals surface area contributed by atoms with Crippen molar-refractivity contribution in [2.24, 2.45) is 0 Å². The van der Waals surface area contributed by atoms with Gasteiger partial charge in [0, 0.05) is 0 Å². The van der Waals surface area contributed by atoms with Gasteiger partial charge in [-0.3, -0.25) is 14.9 Å². The van der Waals surface area contributed by atoms with Gasteiger partial charge >= 0.3 is 11.8 Å². The van der Waals surface area contributed by atoms with Gasteiger partial charge in [-0.15, -0.1) is 0 Å². The average Bonchev–Trinajstić information content (AvgIpc) is 2.49. The lowest BCUT2D eigenvalue weighted by atomic mass is 10.1. The largest absolute Gasteiger partial charge is 0.496 e. The second kappa shape index (κ2) is 7.62. The third-order valence-electron chi connectivity index (χ3n) is 2.80. The Bertz CT molecular complexity index is 650. The Morgan fingerprint density at radius 2 is 1.71 bits per heavy atom. The van der Waals surface area contributed by atoms with Crippen molar-refractivity contribution in [1.82, 2.24) is 5.32 Å². The molecule has 1 aromatic rings. The number of nitrogens with one attached hydrogen (secondary N) is 1. The van der Waals surface area contributed by atoms with Gasteiger partial charge in [0.1, 0.15) is 16.9 Å². The van der Waals surface area contributed by atoms with Gasteiger partial charge in [-0.25, -0.2) is 4.79 Å². The summed E-state index contributed by atoms with van der Waals surface area (Å²) in [6.07, 6.45) is -0.805. The topological polar surface area (TPSA) is 117 Å². The van der Waals surface area contributed by atoms with E-state index in [4.69, 9.17) is 14.2 Å². The van der Waals surface area contributed by atoms with E-state index in [0.29, 0.717) is 0 Å². The molecular formula is C15H20N2O7. The molecule has 0 saturated heterocycles. The number of benzene rings is 1. The van der Waals surface area contributed by atoms with Gasteiger partial charge in [0.05, 0.1) is 25.7 Å². The minimum absolute atomic E-state index is 0.0125. The third-order valence-corrected chi connectivity index (χ3v) is 2.80. The van der Waals surface area contributed by atoms with E-state index in [0.717, 1.165) is 0 Å². The zero-order chi connectivity index (χ0) is 18.5. The van der Waals surface area contributed by atoms with Crippen molar-refractivity contribution in [3.8, 4) is 11.5 Å². The maximum absolute atomic E-state index is 12.4. The Kier molecular flexibility index (Phi) is 6.10. The van der Waals surface area contributed by atoms with Gasteiger partial charge in [-0.05, 0) is 32.9 Å². The molecule has 0 bridgehead atoms. The molecule has 0 saturated carbocycles. The minimum Gasteiger partial charge on any atom is -0.496 e. The van der Waals surface area contributed by atoms with Crippen LogP contribution in [-0.4, -0.2) is 43.2 Å². The molecule has 9 nitrogen and oxygen atoms in total. The molecule has 0 radical (unpaired) electrons. The molecular weight excluding hydrogens is 320 g/mol. The molecule has 0 unspecified atom stereocenters. The number of methoxy groups -OCH3 is 2. The molecule has 24 heavy (non-hydrogen) atoms. The molecule has 132 valence electrons. The molecule has 1 rings (SSSR count). The van der Waals surface area contributed by atoms with Crippen LogP contribution in [0.2, 0.25) is 0 Å². The Morgan fingerprint density at radius 3 is 2.17 bits per heavy atom. The van der Waals surface area contributed by atoms with Crippen molar-refractivity contribution >= 4 is 17.6 Å². The molecule has 0 aromatic heterocycles. The van der Waals surface area contributed by atoms with Crippen LogP contribution in [0.5, 0.6) is 11.5 Å². The van der Waals surface area contributed by atoms with Crippen molar-refractivity contribution in [2.45, 2.75) is 26.4 Å². The number of carbonyl (C=O) groups is 2. The number of ether oxygens (including phenoxy) is 3. The minimum atomic E-state index is -0.805. The van der Waals surface area contributed by atoms with Crippen molar-refractivity contribution in [3.05, 3.63) is 27.8 Å². The Labute approximate surface area is 139 Å². The molecule has 0 atom stereocenters. The van der Waals surface area contributed by atoms with E-state index in [1.807, 2.05) is 0 Å². The molecule has 0 aliphatic rings. The van der Waals surface area contributed by atoms with Gasteiger partial charge in [-0.1, -0.05) is 0 Å². The Hall–Kier alpha value is -2.84. The standard InChI is InChI=1S/C15H20N2O7/c1-15(2,3)24-14(19)16-8-9(18)12-10(22-4)6-7-11(23-5)13(12)17(20)21/h6-7H,8H2,1-5H3,(H,16,19). The summed E-state index contributed by atoms with van der Waals surface area (Å²) in [5, 5.41) is 13.6. The number of Topliss-reactive ketones (excluding diaryl/α,β-unsaturated/α-hetero) is 1. The van der Waals surface area contributed by atoms with Crippen LogP contribution < -0.4 is 14.8 Å². The normalized spacial score (nSPS) is 10.7. The number of hydrogen-bond donors (Lipinski definition) is 1. The first-order valence-corrected chi connectivity index (χ1v) is 7.00. The van der Waals surface area contributed by atoms with Gasteiger partial charge in [-0.2, -0.15) is 0 Å². The van der Waals surface area contributed by atoms with Crippen molar-refractivity contribution in [3.63, 3.8) is 0 Å². The lowest BCUT2D eigenvalue weighted by Gasteiger charge is -2.19. The maximum atomic E-state index is 12.4. The first-order chi connectivity index (χ1) is 11.1. The van der Waals surface area contributed by atoms with Crippen LogP contribution in [0, 0.1) is 10.1 Å². The highest BCUT2D eigenvalue weighted by molar-refractivity contribution is 6.05. The molecule has 0 fully saturated rings.